The molecule has 0 spiro atoms. The van der Waals surface area contributed by atoms with Crippen molar-refractivity contribution in [3.05, 3.63) is 30.1 Å². The van der Waals surface area contributed by atoms with Crippen LogP contribution in [-0.4, -0.2) is 37.9 Å². The topological polar surface area (TPSA) is 96.6 Å². The van der Waals surface area contributed by atoms with Gasteiger partial charge < -0.3 is 10.4 Å². The second-order valence-electron chi connectivity index (χ2n) is 4.49. The normalized spacial score (nSPS) is 12.6. The SMILES string of the molecule is CC(C)[C@H](NC(=O)c1cnn2ncccc12)C(=O)O. The molecule has 0 saturated heterocycles. The molecule has 2 aromatic rings. The first-order valence-electron chi connectivity index (χ1n) is 5.83. The average molecular weight is 262 g/mol. The Labute approximate surface area is 109 Å². The summed E-state index contributed by atoms with van der Waals surface area (Å²) in [6, 6.07) is 2.45. The van der Waals surface area contributed by atoms with Crippen molar-refractivity contribution in [3.63, 3.8) is 0 Å². The fourth-order valence-corrected chi connectivity index (χ4v) is 1.74. The molecule has 2 aromatic heterocycles. The lowest BCUT2D eigenvalue weighted by atomic mass is 10.0. The van der Waals surface area contributed by atoms with Crippen LogP contribution in [0.5, 0.6) is 0 Å². The van der Waals surface area contributed by atoms with E-state index in [9.17, 15) is 9.59 Å². The summed E-state index contributed by atoms with van der Waals surface area (Å²) >= 11 is 0. The standard InChI is InChI=1S/C12H14N4O3/c1-7(2)10(12(18)19)15-11(17)8-6-14-16-9(8)4-3-5-13-16/h3-7,10H,1-2H3,(H,15,17)(H,18,19)/t10-/m0/s1. The van der Waals surface area contributed by atoms with E-state index in [1.165, 1.54) is 10.8 Å². The Morgan fingerprint density at radius 1 is 1.37 bits per heavy atom. The van der Waals surface area contributed by atoms with E-state index in [0.717, 1.165) is 0 Å². The van der Waals surface area contributed by atoms with Gasteiger partial charge in [-0.25, -0.2) is 4.79 Å². The van der Waals surface area contributed by atoms with Gasteiger partial charge in [0.1, 0.15) is 11.6 Å². The molecule has 7 heteroatoms. The van der Waals surface area contributed by atoms with Crippen molar-refractivity contribution in [1.82, 2.24) is 20.1 Å². The van der Waals surface area contributed by atoms with Crippen LogP contribution in [0.4, 0.5) is 0 Å². The quantitative estimate of drug-likeness (QED) is 0.839. The number of carboxylic acid groups (broad SMARTS) is 1. The zero-order valence-electron chi connectivity index (χ0n) is 10.6. The molecule has 0 radical (unpaired) electrons. The Hall–Kier alpha value is -2.44. The van der Waals surface area contributed by atoms with Crippen molar-refractivity contribution in [2.75, 3.05) is 0 Å². The monoisotopic (exact) mass is 262 g/mol. The van der Waals surface area contributed by atoms with Crippen LogP contribution in [0.3, 0.4) is 0 Å². The zero-order valence-corrected chi connectivity index (χ0v) is 10.6. The van der Waals surface area contributed by atoms with Gasteiger partial charge in [0.2, 0.25) is 0 Å². The lowest BCUT2D eigenvalue weighted by Crippen LogP contribution is -2.44. The molecule has 2 N–H and O–H groups in total. The highest BCUT2D eigenvalue weighted by atomic mass is 16.4. The highest BCUT2D eigenvalue weighted by molar-refractivity contribution is 6.02. The summed E-state index contributed by atoms with van der Waals surface area (Å²) in [6.45, 7) is 3.47. The molecule has 2 heterocycles. The van der Waals surface area contributed by atoms with Crippen molar-refractivity contribution in [1.29, 1.82) is 0 Å². The largest absolute Gasteiger partial charge is 0.480 e. The zero-order chi connectivity index (χ0) is 14.0. The predicted molar refractivity (Wildman–Crippen MR) is 66.7 cm³/mol. The number of hydrogen-bond donors (Lipinski definition) is 2. The molecule has 0 aliphatic heterocycles. The first-order chi connectivity index (χ1) is 9.00. The van der Waals surface area contributed by atoms with Gasteiger partial charge in [-0.3, -0.25) is 4.79 Å². The molecule has 2 rings (SSSR count). The molecule has 0 bridgehead atoms. The van der Waals surface area contributed by atoms with Gasteiger partial charge >= 0.3 is 5.97 Å². The summed E-state index contributed by atoms with van der Waals surface area (Å²) in [4.78, 5) is 23.1. The van der Waals surface area contributed by atoms with Gasteiger partial charge in [0, 0.05) is 6.20 Å². The number of carbonyl (C=O) groups excluding carboxylic acids is 1. The van der Waals surface area contributed by atoms with Gasteiger partial charge in [0.15, 0.2) is 0 Å². The number of aliphatic carboxylic acids is 1. The number of carboxylic acids is 1. The van der Waals surface area contributed by atoms with Crippen LogP contribution in [-0.2, 0) is 4.79 Å². The molecular formula is C12H14N4O3. The van der Waals surface area contributed by atoms with E-state index in [1.807, 2.05) is 0 Å². The number of carbonyl (C=O) groups is 2. The van der Waals surface area contributed by atoms with Crippen LogP contribution in [0, 0.1) is 5.92 Å². The van der Waals surface area contributed by atoms with Crippen LogP contribution in [0.15, 0.2) is 24.5 Å². The van der Waals surface area contributed by atoms with Gasteiger partial charge in [-0.05, 0) is 18.1 Å². The number of fused-ring (bicyclic) bond motifs is 1. The second kappa shape index (κ2) is 5.05. The molecule has 0 aliphatic rings. The number of aromatic nitrogens is 3. The van der Waals surface area contributed by atoms with Gasteiger partial charge in [0.05, 0.1) is 11.8 Å². The van der Waals surface area contributed by atoms with Crippen LogP contribution in [0.2, 0.25) is 0 Å². The third-order valence-electron chi connectivity index (χ3n) is 2.77. The second-order valence-corrected chi connectivity index (χ2v) is 4.49. The number of nitrogens with zero attached hydrogens (tertiary/aromatic N) is 3. The summed E-state index contributed by atoms with van der Waals surface area (Å²) in [5, 5.41) is 19.4. The van der Waals surface area contributed by atoms with Gasteiger partial charge in [-0.15, -0.1) is 0 Å². The first-order valence-corrected chi connectivity index (χ1v) is 5.83. The molecule has 7 nitrogen and oxygen atoms in total. The van der Waals surface area contributed by atoms with E-state index < -0.39 is 17.9 Å². The van der Waals surface area contributed by atoms with Crippen molar-refractivity contribution in [2.45, 2.75) is 19.9 Å². The van der Waals surface area contributed by atoms with Crippen LogP contribution in [0.25, 0.3) is 5.52 Å². The lowest BCUT2D eigenvalue weighted by molar-refractivity contribution is -0.140. The summed E-state index contributed by atoms with van der Waals surface area (Å²) in [6.07, 6.45) is 2.92. The van der Waals surface area contributed by atoms with E-state index in [0.29, 0.717) is 11.1 Å². The van der Waals surface area contributed by atoms with E-state index in [2.05, 4.69) is 15.5 Å². The Balaban J connectivity index is 2.27. The minimum Gasteiger partial charge on any atom is -0.480 e. The highest BCUT2D eigenvalue weighted by Crippen LogP contribution is 2.10. The van der Waals surface area contributed by atoms with Crippen molar-refractivity contribution >= 4 is 17.4 Å². The van der Waals surface area contributed by atoms with Gasteiger partial charge in [0.25, 0.3) is 5.91 Å². The highest BCUT2D eigenvalue weighted by Gasteiger charge is 2.25. The summed E-state index contributed by atoms with van der Waals surface area (Å²) < 4.78 is 1.32. The average Bonchev–Trinajstić information content (AvgIpc) is 2.78. The van der Waals surface area contributed by atoms with Crippen molar-refractivity contribution in [3.8, 4) is 0 Å². The molecule has 0 saturated carbocycles. The first kappa shape index (κ1) is 13.0. The summed E-state index contributed by atoms with van der Waals surface area (Å²) in [5.74, 6) is -1.73. The van der Waals surface area contributed by atoms with Gasteiger partial charge in [-0.2, -0.15) is 14.8 Å². The third-order valence-corrected chi connectivity index (χ3v) is 2.77. The predicted octanol–water partition coefficient (Wildman–Crippen LogP) is 0.568. The summed E-state index contributed by atoms with van der Waals surface area (Å²) in [5.41, 5.74) is 0.841. The molecular weight excluding hydrogens is 248 g/mol. The van der Waals surface area contributed by atoms with Crippen LogP contribution < -0.4 is 5.32 Å². The van der Waals surface area contributed by atoms with Crippen molar-refractivity contribution < 1.29 is 14.7 Å². The fraction of sp³-hybridized carbons (Fsp3) is 0.333. The Morgan fingerprint density at radius 2 is 2.11 bits per heavy atom. The number of rotatable bonds is 4. The molecule has 0 unspecified atom stereocenters. The third kappa shape index (κ3) is 2.54. The Morgan fingerprint density at radius 3 is 2.74 bits per heavy atom. The van der Waals surface area contributed by atoms with Crippen molar-refractivity contribution in [2.24, 2.45) is 5.92 Å². The molecule has 0 aromatic carbocycles. The Bertz CT molecular complexity index is 620. The number of nitrogens with one attached hydrogen (secondary N) is 1. The van der Waals surface area contributed by atoms with Crippen LogP contribution in [0.1, 0.15) is 24.2 Å². The molecule has 1 amide bonds. The van der Waals surface area contributed by atoms with Crippen LogP contribution >= 0.6 is 0 Å². The van der Waals surface area contributed by atoms with E-state index in [4.69, 9.17) is 5.11 Å². The maximum atomic E-state index is 12.1. The minimum absolute atomic E-state index is 0.207. The van der Waals surface area contributed by atoms with E-state index >= 15 is 0 Å². The maximum absolute atomic E-state index is 12.1. The number of amides is 1. The fourth-order valence-electron chi connectivity index (χ4n) is 1.74. The molecule has 19 heavy (non-hydrogen) atoms. The molecule has 0 aliphatic carbocycles. The van der Waals surface area contributed by atoms with E-state index in [-0.39, 0.29) is 5.92 Å². The van der Waals surface area contributed by atoms with E-state index in [1.54, 1.807) is 32.2 Å². The molecule has 0 fully saturated rings. The molecule has 100 valence electrons. The Kier molecular flexibility index (Phi) is 3.46. The smallest absolute Gasteiger partial charge is 0.326 e. The lowest BCUT2D eigenvalue weighted by Gasteiger charge is -2.17. The van der Waals surface area contributed by atoms with Gasteiger partial charge in [-0.1, -0.05) is 13.8 Å². The maximum Gasteiger partial charge on any atom is 0.326 e. The molecule has 1 atom stereocenters. The summed E-state index contributed by atoms with van der Waals surface area (Å²) in [7, 11) is 0. The minimum atomic E-state index is -1.06. The number of hydrogen-bond acceptors (Lipinski definition) is 4.